The number of hydrazone groups is 1. The number of nitrogens with zero attached hydrogens (tertiary/aromatic N) is 3. The molecular formula is C17H12N4O3. The summed E-state index contributed by atoms with van der Waals surface area (Å²) in [6, 6.07) is 12.7. The molecule has 2 aliphatic heterocycles. The number of anilines is 1. The number of pyridine rings is 1. The monoisotopic (exact) mass is 320 g/mol. The Hall–Kier alpha value is -3.35. The first kappa shape index (κ1) is 14.3. The third-order valence-corrected chi connectivity index (χ3v) is 4.07. The minimum absolute atomic E-state index is 0.0236. The van der Waals surface area contributed by atoms with E-state index < -0.39 is 29.6 Å². The molecule has 2 aliphatic rings. The minimum Gasteiger partial charge on any atom is -0.296 e. The van der Waals surface area contributed by atoms with Crippen LogP contribution in [-0.4, -0.2) is 34.3 Å². The van der Waals surface area contributed by atoms with Gasteiger partial charge < -0.3 is 0 Å². The van der Waals surface area contributed by atoms with Gasteiger partial charge in [0, 0.05) is 6.20 Å². The van der Waals surface area contributed by atoms with E-state index >= 15 is 0 Å². The highest BCUT2D eigenvalue weighted by Gasteiger charge is 2.55. The Morgan fingerprint density at radius 1 is 1.00 bits per heavy atom. The quantitative estimate of drug-likeness (QED) is 0.666. The summed E-state index contributed by atoms with van der Waals surface area (Å²) in [6.45, 7) is 0. The van der Waals surface area contributed by atoms with Gasteiger partial charge in [-0.1, -0.05) is 24.3 Å². The zero-order chi connectivity index (χ0) is 16.7. The maximum Gasteiger partial charge on any atom is 0.259 e. The highest BCUT2D eigenvalue weighted by atomic mass is 16.2. The first-order chi connectivity index (χ1) is 11.7. The summed E-state index contributed by atoms with van der Waals surface area (Å²) >= 11 is 0. The molecule has 2 amide bonds. The predicted molar refractivity (Wildman–Crippen MR) is 85.4 cm³/mol. The number of hydrogen-bond donors (Lipinski definition) is 1. The van der Waals surface area contributed by atoms with Crippen LogP contribution in [0.2, 0.25) is 0 Å². The van der Waals surface area contributed by atoms with Crippen LogP contribution in [0, 0.1) is 5.92 Å². The Morgan fingerprint density at radius 3 is 2.46 bits per heavy atom. The van der Waals surface area contributed by atoms with Crippen LogP contribution >= 0.6 is 0 Å². The summed E-state index contributed by atoms with van der Waals surface area (Å²) in [5, 5.41) is 3.93. The Balaban J connectivity index is 1.68. The van der Waals surface area contributed by atoms with Crippen molar-refractivity contribution in [1.82, 2.24) is 10.4 Å². The molecule has 2 atom stereocenters. The van der Waals surface area contributed by atoms with Gasteiger partial charge >= 0.3 is 0 Å². The highest BCUT2D eigenvalue weighted by molar-refractivity contribution is 6.52. The third-order valence-electron chi connectivity index (χ3n) is 4.07. The largest absolute Gasteiger partial charge is 0.296 e. The average molecular weight is 320 g/mol. The number of carbonyl (C=O) groups excluding carboxylic acids is 3. The molecule has 7 nitrogen and oxygen atoms in total. The normalized spacial score (nSPS) is 22.2. The van der Waals surface area contributed by atoms with E-state index in [-0.39, 0.29) is 11.4 Å². The molecule has 0 bridgehead atoms. The van der Waals surface area contributed by atoms with Crippen LogP contribution < -0.4 is 10.3 Å². The number of nitrogens with one attached hydrogen (secondary N) is 1. The number of rotatable bonds is 3. The van der Waals surface area contributed by atoms with Crippen LogP contribution in [0.5, 0.6) is 0 Å². The van der Waals surface area contributed by atoms with Gasteiger partial charge in [0.05, 0.1) is 5.69 Å². The van der Waals surface area contributed by atoms with E-state index in [0.29, 0.717) is 5.69 Å². The molecule has 3 heterocycles. The lowest BCUT2D eigenvalue weighted by Crippen LogP contribution is -2.36. The Kier molecular flexibility index (Phi) is 3.19. The van der Waals surface area contributed by atoms with Crippen LogP contribution in [0.15, 0.2) is 59.8 Å². The molecule has 7 heteroatoms. The van der Waals surface area contributed by atoms with Gasteiger partial charge in [-0.05, 0) is 24.3 Å². The molecule has 118 valence electrons. The summed E-state index contributed by atoms with van der Waals surface area (Å²) in [7, 11) is 0. The Morgan fingerprint density at radius 2 is 1.75 bits per heavy atom. The summed E-state index contributed by atoms with van der Waals surface area (Å²) < 4.78 is 0. The van der Waals surface area contributed by atoms with Gasteiger partial charge in [0.25, 0.3) is 5.91 Å². The SMILES string of the molecule is O=C(C1=NN[C@H]2C(=O)N(c3ccccc3)C(=O)[C@@H]12)c1ccccn1. The average Bonchev–Trinajstić information content (AvgIpc) is 3.17. The second-order valence-corrected chi connectivity index (χ2v) is 5.47. The number of imide groups is 1. The third kappa shape index (κ3) is 2.02. The fraction of sp³-hybridized carbons (Fsp3) is 0.118. The maximum absolute atomic E-state index is 12.8. The van der Waals surface area contributed by atoms with E-state index in [4.69, 9.17) is 0 Å². The number of aromatic nitrogens is 1. The number of hydrogen-bond acceptors (Lipinski definition) is 6. The zero-order valence-corrected chi connectivity index (χ0v) is 12.4. The fourth-order valence-electron chi connectivity index (χ4n) is 2.94. The van der Waals surface area contributed by atoms with Crippen molar-refractivity contribution in [3.05, 3.63) is 60.4 Å². The summed E-state index contributed by atoms with van der Waals surface area (Å²) in [6.07, 6.45) is 1.49. The highest BCUT2D eigenvalue weighted by Crippen LogP contribution is 2.31. The lowest BCUT2D eigenvalue weighted by atomic mass is 9.94. The molecule has 24 heavy (non-hydrogen) atoms. The number of amides is 2. The molecule has 1 aromatic heterocycles. The molecule has 4 rings (SSSR count). The molecule has 2 aromatic rings. The topological polar surface area (TPSA) is 91.7 Å². The first-order valence-electron chi connectivity index (χ1n) is 7.40. The number of para-hydroxylation sites is 1. The molecule has 0 saturated carbocycles. The van der Waals surface area contributed by atoms with E-state index in [0.717, 1.165) is 4.90 Å². The van der Waals surface area contributed by atoms with Gasteiger partial charge in [-0.25, -0.2) is 4.90 Å². The van der Waals surface area contributed by atoms with Gasteiger partial charge in [0.2, 0.25) is 11.7 Å². The van der Waals surface area contributed by atoms with E-state index in [1.165, 1.54) is 6.20 Å². The van der Waals surface area contributed by atoms with Gasteiger partial charge in [0.1, 0.15) is 23.4 Å². The number of fused-ring (bicyclic) bond motifs is 1. The molecule has 0 unspecified atom stereocenters. The summed E-state index contributed by atoms with van der Waals surface area (Å²) in [4.78, 5) is 43.0. The molecule has 1 fully saturated rings. The zero-order valence-electron chi connectivity index (χ0n) is 12.4. The lowest BCUT2D eigenvalue weighted by molar-refractivity contribution is -0.122. The van der Waals surface area contributed by atoms with E-state index in [1.54, 1.807) is 48.5 Å². The first-order valence-corrected chi connectivity index (χ1v) is 7.40. The molecule has 1 saturated heterocycles. The van der Waals surface area contributed by atoms with E-state index in [9.17, 15) is 14.4 Å². The summed E-state index contributed by atoms with van der Waals surface area (Å²) in [5.74, 6) is -2.24. The minimum atomic E-state index is -0.924. The Bertz CT molecular complexity index is 864. The van der Waals surface area contributed by atoms with Gasteiger partial charge in [-0.3, -0.25) is 24.8 Å². The van der Waals surface area contributed by atoms with Crippen molar-refractivity contribution < 1.29 is 14.4 Å². The number of carbonyl (C=O) groups is 3. The number of ketones is 1. The smallest absolute Gasteiger partial charge is 0.259 e. The van der Waals surface area contributed by atoms with Crippen LogP contribution in [0.3, 0.4) is 0 Å². The van der Waals surface area contributed by atoms with Crippen molar-refractivity contribution >= 4 is 29.0 Å². The maximum atomic E-state index is 12.8. The van der Waals surface area contributed by atoms with Crippen molar-refractivity contribution in [2.24, 2.45) is 11.0 Å². The number of Topliss-reactive ketones (excluding diaryl/α,β-unsaturated/α-hetero) is 1. The van der Waals surface area contributed by atoms with Crippen LogP contribution in [0.1, 0.15) is 10.5 Å². The van der Waals surface area contributed by atoms with E-state index in [2.05, 4.69) is 15.5 Å². The van der Waals surface area contributed by atoms with Crippen molar-refractivity contribution in [2.45, 2.75) is 6.04 Å². The molecule has 0 radical (unpaired) electrons. The van der Waals surface area contributed by atoms with Crippen molar-refractivity contribution in [3.63, 3.8) is 0 Å². The summed E-state index contributed by atoms with van der Waals surface area (Å²) in [5.41, 5.74) is 3.32. The fourth-order valence-corrected chi connectivity index (χ4v) is 2.94. The predicted octanol–water partition coefficient (Wildman–Crippen LogP) is 0.782. The standard InChI is InChI=1S/C17H12N4O3/c22-15(11-8-4-5-9-18-11)13-12-14(20-19-13)17(24)21(16(12)23)10-6-2-1-3-7-10/h1-9,12,14,20H/t12-,14+/m0/s1. The van der Waals surface area contributed by atoms with Gasteiger partial charge in [0.15, 0.2) is 0 Å². The second kappa shape index (κ2) is 5.38. The van der Waals surface area contributed by atoms with Gasteiger partial charge in [-0.2, -0.15) is 5.10 Å². The molecule has 0 aliphatic carbocycles. The number of benzene rings is 1. The van der Waals surface area contributed by atoms with Crippen LogP contribution in [-0.2, 0) is 9.59 Å². The molecule has 1 N–H and O–H groups in total. The van der Waals surface area contributed by atoms with Crippen molar-refractivity contribution in [2.75, 3.05) is 4.90 Å². The second-order valence-electron chi connectivity index (χ2n) is 5.47. The van der Waals surface area contributed by atoms with Crippen molar-refractivity contribution in [1.29, 1.82) is 0 Å². The van der Waals surface area contributed by atoms with Gasteiger partial charge in [-0.15, -0.1) is 0 Å². The molecule has 0 spiro atoms. The van der Waals surface area contributed by atoms with Crippen LogP contribution in [0.25, 0.3) is 0 Å². The van der Waals surface area contributed by atoms with Crippen LogP contribution in [0.4, 0.5) is 5.69 Å². The molecular weight excluding hydrogens is 308 g/mol. The van der Waals surface area contributed by atoms with E-state index in [1.807, 2.05) is 0 Å². The van der Waals surface area contributed by atoms with Crippen molar-refractivity contribution in [3.8, 4) is 0 Å². The lowest BCUT2D eigenvalue weighted by Gasteiger charge is -2.15. The Labute approximate surface area is 137 Å². The molecule has 1 aromatic carbocycles.